The van der Waals surface area contributed by atoms with Crippen molar-refractivity contribution in [1.82, 2.24) is 5.32 Å². The molecule has 6 heteroatoms. The third kappa shape index (κ3) is 5.40. The number of hydrogen-bond donors (Lipinski definition) is 1. The fourth-order valence-electron chi connectivity index (χ4n) is 1.79. The number of rotatable bonds is 6. The maximum atomic E-state index is 12.3. The molecule has 0 saturated heterocycles. The Hall–Kier alpha value is -0.750. The summed E-state index contributed by atoms with van der Waals surface area (Å²) in [6, 6.07) is 5.02. The molecule has 1 rings (SSSR count). The van der Waals surface area contributed by atoms with Crippen molar-refractivity contribution in [2.45, 2.75) is 32.0 Å². The zero-order valence-corrected chi connectivity index (χ0v) is 12.4. The average Bonchev–Trinajstić information content (AvgIpc) is 2.32. The van der Waals surface area contributed by atoms with Crippen LogP contribution in [0.15, 0.2) is 22.7 Å². The van der Waals surface area contributed by atoms with Gasteiger partial charge in [0.05, 0.1) is 11.1 Å². The number of hydrogen-bond acceptors (Lipinski definition) is 2. The van der Waals surface area contributed by atoms with Gasteiger partial charge in [0.2, 0.25) is 0 Å². The molecule has 2 nitrogen and oxygen atoms in total. The van der Waals surface area contributed by atoms with Gasteiger partial charge in [-0.3, -0.25) is 0 Å². The largest absolute Gasteiger partial charge is 0.493 e. The van der Waals surface area contributed by atoms with Gasteiger partial charge >= 0.3 is 6.18 Å². The van der Waals surface area contributed by atoms with E-state index in [-0.39, 0.29) is 12.5 Å². The second-order valence-corrected chi connectivity index (χ2v) is 4.97. The highest BCUT2D eigenvalue weighted by Gasteiger charge is 2.28. The minimum Gasteiger partial charge on any atom is -0.493 e. The van der Waals surface area contributed by atoms with Crippen LogP contribution >= 0.6 is 15.9 Å². The molecule has 0 heterocycles. The fraction of sp³-hybridized carbons (Fsp3) is 0.538. The summed E-state index contributed by atoms with van der Waals surface area (Å²) in [7, 11) is 1.66. The van der Waals surface area contributed by atoms with E-state index in [4.69, 9.17) is 4.74 Å². The molecule has 0 aromatic heterocycles. The van der Waals surface area contributed by atoms with Crippen LogP contribution in [-0.4, -0.2) is 19.8 Å². The monoisotopic (exact) mass is 339 g/mol. The Kier molecular flexibility index (Phi) is 6.13. The maximum absolute atomic E-state index is 12.3. The van der Waals surface area contributed by atoms with Crippen LogP contribution in [0, 0.1) is 0 Å². The molecule has 0 aliphatic rings. The van der Waals surface area contributed by atoms with Crippen LogP contribution in [0.1, 0.15) is 31.4 Å². The van der Waals surface area contributed by atoms with Crippen LogP contribution in [0.25, 0.3) is 0 Å². The first kappa shape index (κ1) is 16.3. The van der Waals surface area contributed by atoms with Crippen molar-refractivity contribution in [1.29, 1.82) is 0 Å². The van der Waals surface area contributed by atoms with E-state index in [0.717, 1.165) is 10.0 Å². The molecule has 1 atom stereocenters. The highest BCUT2D eigenvalue weighted by molar-refractivity contribution is 9.10. The van der Waals surface area contributed by atoms with Gasteiger partial charge in [0, 0.05) is 12.5 Å². The molecule has 0 fully saturated rings. The molecule has 108 valence electrons. The first-order valence-corrected chi connectivity index (χ1v) is 6.83. The van der Waals surface area contributed by atoms with Crippen molar-refractivity contribution in [2.24, 2.45) is 0 Å². The Morgan fingerprint density at radius 2 is 2.05 bits per heavy atom. The topological polar surface area (TPSA) is 21.3 Å². The van der Waals surface area contributed by atoms with Crippen LogP contribution in [-0.2, 0) is 0 Å². The summed E-state index contributed by atoms with van der Waals surface area (Å²) in [6.07, 6.45) is -4.92. The number of ether oxygens (including phenoxy) is 1. The predicted octanol–water partition coefficient (Wildman–Crippen LogP) is 4.45. The van der Waals surface area contributed by atoms with Gasteiger partial charge in [-0.1, -0.05) is 6.07 Å². The number of benzene rings is 1. The lowest BCUT2D eigenvalue weighted by molar-refractivity contribution is -0.136. The number of nitrogens with one attached hydrogen (secondary N) is 1. The molecule has 0 saturated carbocycles. The Labute approximate surface area is 119 Å². The molecule has 1 aromatic rings. The van der Waals surface area contributed by atoms with Crippen molar-refractivity contribution >= 4 is 15.9 Å². The predicted molar refractivity (Wildman–Crippen MR) is 72.4 cm³/mol. The molecule has 0 spiro atoms. The van der Waals surface area contributed by atoms with Gasteiger partial charge in [0.25, 0.3) is 0 Å². The molecular formula is C13H17BrF3NO. The van der Waals surface area contributed by atoms with Gasteiger partial charge < -0.3 is 10.1 Å². The molecular weight excluding hydrogens is 323 g/mol. The second kappa shape index (κ2) is 7.14. The second-order valence-electron chi connectivity index (χ2n) is 4.12. The van der Waals surface area contributed by atoms with Crippen LogP contribution in [0.2, 0.25) is 0 Å². The highest BCUT2D eigenvalue weighted by Crippen LogP contribution is 2.32. The SMILES string of the molecule is CCOc1ccc(C(CCC(F)(F)F)NC)cc1Br. The van der Waals surface area contributed by atoms with Crippen LogP contribution < -0.4 is 10.1 Å². The first-order valence-electron chi connectivity index (χ1n) is 6.03. The molecule has 0 bridgehead atoms. The van der Waals surface area contributed by atoms with Gasteiger partial charge in [-0.2, -0.15) is 13.2 Å². The van der Waals surface area contributed by atoms with Crippen molar-refractivity contribution < 1.29 is 17.9 Å². The van der Waals surface area contributed by atoms with E-state index in [1.807, 2.05) is 6.92 Å². The quantitative estimate of drug-likeness (QED) is 0.826. The first-order chi connectivity index (χ1) is 8.87. The molecule has 0 radical (unpaired) electrons. The smallest absolute Gasteiger partial charge is 0.389 e. The molecule has 0 aliphatic carbocycles. The summed E-state index contributed by atoms with van der Waals surface area (Å²) in [4.78, 5) is 0. The molecule has 19 heavy (non-hydrogen) atoms. The van der Waals surface area contributed by atoms with E-state index in [9.17, 15) is 13.2 Å². The molecule has 0 amide bonds. The summed E-state index contributed by atoms with van der Waals surface area (Å²) in [5.74, 6) is 0.692. The summed E-state index contributed by atoms with van der Waals surface area (Å²) in [5.41, 5.74) is 0.807. The van der Waals surface area contributed by atoms with E-state index < -0.39 is 12.6 Å². The Morgan fingerprint density at radius 1 is 1.37 bits per heavy atom. The average molecular weight is 340 g/mol. The Balaban J connectivity index is 2.78. The van der Waals surface area contributed by atoms with Gasteiger partial charge in [-0.15, -0.1) is 0 Å². The number of alkyl halides is 3. The van der Waals surface area contributed by atoms with Crippen molar-refractivity contribution in [3.8, 4) is 5.75 Å². The zero-order chi connectivity index (χ0) is 14.5. The molecule has 0 aliphatic heterocycles. The molecule has 1 aromatic carbocycles. The van der Waals surface area contributed by atoms with E-state index in [0.29, 0.717) is 12.4 Å². The third-order valence-corrected chi connectivity index (χ3v) is 3.34. The van der Waals surface area contributed by atoms with Gasteiger partial charge in [0.1, 0.15) is 5.75 Å². The summed E-state index contributed by atoms with van der Waals surface area (Å²) in [6.45, 7) is 2.42. The van der Waals surface area contributed by atoms with Crippen molar-refractivity contribution in [2.75, 3.05) is 13.7 Å². The van der Waals surface area contributed by atoms with E-state index in [1.54, 1.807) is 25.2 Å². The normalized spacial score (nSPS) is 13.4. The maximum Gasteiger partial charge on any atom is 0.389 e. The standard InChI is InChI=1S/C13H17BrF3NO/c1-3-19-12-5-4-9(8-10(12)14)11(18-2)6-7-13(15,16)17/h4-5,8,11,18H,3,6-7H2,1-2H3. The zero-order valence-electron chi connectivity index (χ0n) is 10.9. The van der Waals surface area contributed by atoms with Crippen LogP contribution in [0.3, 0.4) is 0 Å². The lowest BCUT2D eigenvalue weighted by Crippen LogP contribution is -2.19. The minimum atomic E-state index is -4.13. The number of halogens is 4. The lowest BCUT2D eigenvalue weighted by Gasteiger charge is -2.18. The van der Waals surface area contributed by atoms with E-state index in [1.165, 1.54) is 0 Å². The third-order valence-electron chi connectivity index (χ3n) is 2.72. The summed E-state index contributed by atoms with van der Waals surface area (Å²) < 4.78 is 42.9. The highest BCUT2D eigenvalue weighted by atomic mass is 79.9. The Morgan fingerprint density at radius 3 is 2.53 bits per heavy atom. The van der Waals surface area contributed by atoms with Gasteiger partial charge in [0.15, 0.2) is 0 Å². The summed E-state index contributed by atoms with van der Waals surface area (Å²) >= 11 is 3.36. The molecule has 1 N–H and O–H groups in total. The van der Waals surface area contributed by atoms with Gasteiger partial charge in [-0.05, 0) is 54.0 Å². The van der Waals surface area contributed by atoms with Crippen molar-refractivity contribution in [3.63, 3.8) is 0 Å². The molecule has 1 unspecified atom stereocenters. The minimum absolute atomic E-state index is 0.0143. The van der Waals surface area contributed by atoms with Gasteiger partial charge in [-0.25, -0.2) is 0 Å². The Bertz CT molecular complexity index is 409. The van der Waals surface area contributed by atoms with Crippen LogP contribution in [0.5, 0.6) is 5.75 Å². The van der Waals surface area contributed by atoms with E-state index in [2.05, 4.69) is 21.2 Å². The lowest BCUT2D eigenvalue weighted by atomic mass is 10.0. The fourth-order valence-corrected chi connectivity index (χ4v) is 2.30. The summed E-state index contributed by atoms with van der Waals surface area (Å²) in [5, 5.41) is 2.91. The van der Waals surface area contributed by atoms with E-state index >= 15 is 0 Å². The van der Waals surface area contributed by atoms with Crippen molar-refractivity contribution in [3.05, 3.63) is 28.2 Å². The van der Waals surface area contributed by atoms with Crippen LogP contribution in [0.4, 0.5) is 13.2 Å².